The molecule has 4 aromatic carbocycles. The van der Waals surface area contributed by atoms with Gasteiger partial charge in [-0.25, -0.2) is 0 Å². The van der Waals surface area contributed by atoms with Crippen LogP contribution in [0.25, 0.3) is 21.5 Å². The minimum absolute atomic E-state index is 0.0146. The Hall–Kier alpha value is -4.40. The summed E-state index contributed by atoms with van der Waals surface area (Å²) in [6.45, 7) is 2.46. The van der Waals surface area contributed by atoms with Gasteiger partial charge >= 0.3 is 5.97 Å². The normalized spacial score (nSPS) is 15.4. The zero-order valence-electron chi connectivity index (χ0n) is 25.0. The molecule has 0 fully saturated rings. The summed E-state index contributed by atoms with van der Waals surface area (Å²) in [4.78, 5) is 44.5. The van der Waals surface area contributed by atoms with Crippen molar-refractivity contribution in [2.75, 3.05) is 35.9 Å². The maximum absolute atomic E-state index is 13.7. The second-order valence-corrected chi connectivity index (χ2v) is 13.0. The number of amides is 2. The molecule has 228 valence electrons. The van der Waals surface area contributed by atoms with Crippen LogP contribution in [0, 0.1) is 0 Å². The summed E-state index contributed by atoms with van der Waals surface area (Å²) in [6.07, 6.45) is 1.18. The number of benzene rings is 4. The SMILES string of the molecule is COc1cc2c(c3ccccc13)C(CCl)CN2C(=O)Cc1ccc(CC(=O)N2CCc3c2cc(OC(C)=O)c2ccccc32)s1. The van der Waals surface area contributed by atoms with Gasteiger partial charge in [0.05, 0.1) is 31.3 Å². The number of carbonyl (C=O) groups is 3. The average molecular weight is 639 g/mol. The summed E-state index contributed by atoms with van der Waals surface area (Å²) in [6, 6.07) is 23.5. The van der Waals surface area contributed by atoms with Gasteiger partial charge in [-0.1, -0.05) is 48.5 Å². The van der Waals surface area contributed by atoms with E-state index in [-0.39, 0.29) is 30.6 Å². The van der Waals surface area contributed by atoms with E-state index < -0.39 is 5.97 Å². The van der Waals surface area contributed by atoms with Crippen molar-refractivity contribution in [3.8, 4) is 11.5 Å². The molecule has 5 aromatic rings. The lowest BCUT2D eigenvalue weighted by Crippen LogP contribution is -2.31. The number of nitrogens with zero attached hydrogens (tertiary/aromatic N) is 2. The van der Waals surface area contributed by atoms with Gasteiger partial charge in [0.2, 0.25) is 11.8 Å². The molecule has 2 amide bonds. The number of ether oxygens (including phenoxy) is 2. The Balaban J connectivity index is 1.10. The molecule has 7 nitrogen and oxygen atoms in total. The number of carbonyl (C=O) groups excluding carboxylic acids is 3. The van der Waals surface area contributed by atoms with Crippen molar-refractivity contribution in [1.29, 1.82) is 0 Å². The van der Waals surface area contributed by atoms with Crippen LogP contribution in [0.5, 0.6) is 11.5 Å². The third kappa shape index (κ3) is 5.22. The third-order valence-corrected chi connectivity index (χ3v) is 10.2. The van der Waals surface area contributed by atoms with Gasteiger partial charge < -0.3 is 19.3 Å². The summed E-state index contributed by atoms with van der Waals surface area (Å²) in [5.74, 6) is 1.18. The lowest BCUT2D eigenvalue weighted by molar-refractivity contribution is -0.131. The van der Waals surface area contributed by atoms with Gasteiger partial charge in [0.15, 0.2) is 0 Å². The number of hydrogen-bond acceptors (Lipinski definition) is 6. The van der Waals surface area contributed by atoms with E-state index >= 15 is 0 Å². The van der Waals surface area contributed by atoms with E-state index in [0.29, 0.717) is 24.7 Å². The highest BCUT2D eigenvalue weighted by Crippen LogP contribution is 2.46. The molecule has 7 rings (SSSR count). The predicted octanol–water partition coefficient (Wildman–Crippen LogP) is 7.03. The molecule has 0 radical (unpaired) electrons. The molecule has 1 atom stereocenters. The molecular weight excluding hydrogens is 608 g/mol. The summed E-state index contributed by atoms with van der Waals surface area (Å²) < 4.78 is 11.2. The van der Waals surface area contributed by atoms with Gasteiger partial charge in [-0.05, 0) is 40.5 Å². The van der Waals surface area contributed by atoms with E-state index in [2.05, 4.69) is 6.07 Å². The van der Waals surface area contributed by atoms with E-state index in [1.165, 1.54) is 18.3 Å². The first-order chi connectivity index (χ1) is 21.9. The first kappa shape index (κ1) is 29.3. The Kier molecular flexibility index (Phi) is 7.71. The van der Waals surface area contributed by atoms with Crippen molar-refractivity contribution in [3.05, 3.63) is 93.7 Å². The van der Waals surface area contributed by atoms with Crippen molar-refractivity contribution in [3.63, 3.8) is 0 Å². The van der Waals surface area contributed by atoms with E-state index in [0.717, 1.165) is 66.0 Å². The van der Waals surface area contributed by atoms with Crippen LogP contribution in [0.15, 0.2) is 72.8 Å². The fourth-order valence-corrected chi connectivity index (χ4v) is 8.03. The zero-order valence-corrected chi connectivity index (χ0v) is 26.5. The van der Waals surface area contributed by atoms with E-state index in [9.17, 15) is 14.4 Å². The van der Waals surface area contributed by atoms with Crippen LogP contribution in [0.2, 0.25) is 0 Å². The monoisotopic (exact) mass is 638 g/mol. The van der Waals surface area contributed by atoms with Crippen LogP contribution in [0.1, 0.15) is 33.7 Å². The van der Waals surface area contributed by atoms with Crippen molar-refractivity contribution in [2.24, 2.45) is 0 Å². The van der Waals surface area contributed by atoms with E-state index in [4.69, 9.17) is 21.1 Å². The summed E-state index contributed by atoms with van der Waals surface area (Å²) in [5, 5.41) is 3.91. The van der Waals surface area contributed by atoms with Crippen molar-refractivity contribution in [2.45, 2.75) is 32.1 Å². The molecule has 1 unspecified atom stereocenters. The van der Waals surface area contributed by atoms with E-state index in [1.54, 1.807) is 12.0 Å². The minimum atomic E-state index is -0.403. The van der Waals surface area contributed by atoms with Crippen LogP contribution >= 0.6 is 22.9 Å². The standard InChI is InChI=1S/C36H31ClN2O5S/c1-21(40)44-33-17-30-26(25-7-3-4-8-27(25)33)13-14-38(30)34(41)15-23-11-12-24(45-23)16-35(42)39-20-22(19-37)36-29-10-6-5-9-28(29)32(43-2)18-31(36)39/h3-12,17-18,22H,13-16,19-20H2,1-2H3. The number of methoxy groups -OCH3 is 1. The van der Waals surface area contributed by atoms with Crippen LogP contribution in [-0.2, 0) is 33.6 Å². The van der Waals surface area contributed by atoms with Gasteiger partial charge in [0, 0.05) is 64.5 Å². The molecule has 9 heteroatoms. The minimum Gasteiger partial charge on any atom is -0.496 e. The highest BCUT2D eigenvalue weighted by Gasteiger charge is 2.35. The molecule has 3 heterocycles. The quantitative estimate of drug-likeness (QED) is 0.109. The molecule has 0 saturated carbocycles. The van der Waals surface area contributed by atoms with Crippen LogP contribution in [0.4, 0.5) is 11.4 Å². The summed E-state index contributed by atoms with van der Waals surface area (Å²) in [7, 11) is 1.64. The Morgan fingerprint density at radius 1 is 0.822 bits per heavy atom. The highest BCUT2D eigenvalue weighted by molar-refractivity contribution is 7.12. The molecule has 2 aliphatic heterocycles. The van der Waals surface area contributed by atoms with Crippen molar-refractivity contribution in [1.82, 2.24) is 0 Å². The first-order valence-electron chi connectivity index (χ1n) is 14.9. The molecule has 45 heavy (non-hydrogen) atoms. The molecule has 0 bridgehead atoms. The van der Waals surface area contributed by atoms with Gasteiger partial charge in [-0.3, -0.25) is 14.4 Å². The fraction of sp³-hybridized carbons (Fsp3) is 0.250. The fourth-order valence-electron chi connectivity index (χ4n) is 6.78. The molecule has 0 spiro atoms. The molecule has 1 aromatic heterocycles. The predicted molar refractivity (Wildman–Crippen MR) is 179 cm³/mol. The van der Waals surface area contributed by atoms with Crippen LogP contribution in [0.3, 0.4) is 0 Å². The molecule has 0 N–H and O–H groups in total. The molecule has 0 saturated heterocycles. The number of halogens is 1. The molecule has 0 aliphatic carbocycles. The van der Waals surface area contributed by atoms with Gasteiger partial charge in [0.25, 0.3) is 0 Å². The Morgan fingerprint density at radius 3 is 2.07 bits per heavy atom. The number of hydrogen-bond donors (Lipinski definition) is 0. The topological polar surface area (TPSA) is 76.2 Å². The number of anilines is 2. The smallest absolute Gasteiger partial charge is 0.308 e. The maximum Gasteiger partial charge on any atom is 0.308 e. The Morgan fingerprint density at radius 2 is 1.42 bits per heavy atom. The Labute approximate surface area is 269 Å². The lowest BCUT2D eigenvalue weighted by Gasteiger charge is -2.19. The zero-order chi connectivity index (χ0) is 31.2. The second kappa shape index (κ2) is 11.8. The van der Waals surface area contributed by atoms with Gasteiger partial charge in [-0.15, -0.1) is 22.9 Å². The summed E-state index contributed by atoms with van der Waals surface area (Å²) >= 11 is 7.90. The number of rotatable bonds is 7. The van der Waals surface area contributed by atoms with E-state index in [1.807, 2.05) is 71.6 Å². The number of fused-ring (bicyclic) bond motifs is 6. The van der Waals surface area contributed by atoms with Crippen molar-refractivity contribution < 1.29 is 23.9 Å². The number of esters is 1. The molecular formula is C36H31ClN2O5S. The van der Waals surface area contributed by atoms with Crippen LogP contribution < -0.4 is 19.3 Å². The lowest BCUT2D eigenvalue weighted by atomic mass is 9.95. The average Bonchev–Trinajstić information content (AvgIpc) is 3.77. The maximum atomic E-state index is 13.7. The number of alkyl halides is 1. The molecule has 2 aliphatic rings. The highest BCUT2D eigenvalue weighted by atomic mass is 35.5. The van der Waals surface area contributed by atoms with Crippen LogP contribution in [-0.4, -0.2) is 43.9 Å². The van der Waals surface area contributed by atoms with Gasteiger partial charge in [0.1, 0.15) is 11.5 Å². The number of thiophene rings is 1. The van der Waals surface area contributed by atoms with Crippen molar-refractivity contribution >= 4 is 73.6 Å². The first-order valence-corrected chi connectivity index (χ1v) is 16.3. The Bertz CT molecular complexity index is 2000. The van der Waals surface area contributed by atoms with Gasteiger partial charge in [-0.2, -0.15) is 0 Å². The largest absolute Gasteiger partial charge is 0.496 e. The second-order valence-electron chi connectivity index (χ2n) is 11.4. The third-order valence-electron chi connectivity index (χ3n) is 8.73. The summed E-state index contributed by atoms with van der Waals surface area (Å²) in [5.41, 5.74) is 3.80.